The van der Waals surface area contributed by atoms with Gasteiger partial charge in [-0.15, -0.1) is 0 Å². The summed E-state index contributed by atoms with van der Waals surface area (Å²) in [5.41, 5.74) is 0.832. The fourth-order valence-corrected chi connectivity index (χ4v) is 6.63. The highest BCUT2D eigenvalue weighted by atomic mass is 19.4. The Bertz CT molecular complexity index is 2830. The molecule has 0 radical (unpaired) electrons. The summed E-state index contributed by atoms with van der Waals surface area (Å²) in [7, 11) is 0. The molecule has 0 spiro atoms. The smallest absolute Gasteiger partial charge is 0.359 e. The van der Waals surface area contributed by atoms with Crippen LogP contribution in [0.25, 0.3) is 66.5 Å². The molecular weight excluding hydrogens is 667 g/mol. The van der Waals surface area contributed by atoms with Crippen molar-refractivity contribution < 1.29 is 22.2 Å². The zero-order valence-electron chi connectivity index (χ0n) is 27.2. The van der Waals surface area contributed by atoms with Gasteiger partial charge in [-0.05, 0) is 39.7 Å². The maximum Gasteiger partial charge on any atom is 0.418 e. The minimum absolute atomic E-state index is 0.0685. The van der Waals surface area contributed by atoms with Crippen molar-refractivity contribution >= 4 is 32.7 Å². The van der Waals surface area contributed by atoms with Crippen LogP contribution in [0, 0.1) is 0 Å². The van der Waals surface area contributed by atoms with Gasteiger partial charge in [0.25, 0.3) is 0 Å². The highest BCUT2D eigenvalue weighted by Gasteiger charge is 2.37. The molecule has 254 valence electrons. The van der Waals surface area contributed by atoms with Gasteiger partial charge in [-0.1, -0.05) is 113 Å². The third kappa shape index (κ3) is 5.62. The maximum atomic E-state index is 14.9. The molecular formula is C41H26F3N5O3. The van der Waals surface area contributed by atoms with Gasteiger partial charge in [0.05, 0.1) is 24.3 Å². The van der Waals surface area contributed by atoms with Crippen molar-refractivity contribution in [1.82, 2.24) is 24.4 Å². The summed E-state index contributed by atoms with van der Waals surface area (Å²) in [6.45, 7) is -0.540. The number of rotatable bonds is 7. The molecule has 9 aromatic rings. The molecule has 0 aliphatic rings. The predicted octanol–water partition coefficient (Wildman–Crippen LogP) is 9.60. The molecule has 5 aromatic carbocycles. The van der Waals surface area contributed by atoms with E-state index in [1.165, 1.54) is 4.57 Å². The summed E-state index contributed by atoms with van der Waals surface area (Å²) < 4.78 is 58.3. The van der Waals surface area contributed by atoms with Crippen molar-refractivity contribution in [2.75, 3.05) is 0 Å². The van der Waals surface area contributed by atoms with Crippen LogP contribution in [-0.2, 0) is 19.3 Å². The molecule has 0 aliphatic heterocycles. The van der Waals surface area contributed by atoms with E-state index < -0.39 is 17.4 Å². The third-order valence-corrected chi connectivity index (χ3v) is 9.17. The molecule has 0 saturated carbocycles. The largest absolute Gasteiger partial charge is 0.418 e. The number of benzene rings is 5. The minimum atomic E-state index is -4.82. The van der Waals surface area contributed by atoms with Crippen LogP contribution in [0.15, 0.2) is 147 Å². The van der Waals surface area contributed by atoms with Crippen LogP contribution < -0.4 is 5.69 Å². The van der Waals surface area contributed by atoms with E-state index in [0.29, 0.717) is 17.0 Å². The Hall–Kier alpha value is -6.75. The number of nitrogens with zero attached hydrogens (tertiary/aromatic N) is 5. The van der Waals surface area contributed by atoms with Crippen molar-refractivity contribution in [3.8, 4) is 33.8 Å². The monoisotopic (exact) mass is 693 g/mol. The highest BCUT2D eigenvalue weighted by Crippen LogP contribution is 2.37. The first-order valence-corrected chi connectivity index (χ1v) is 16.4. The standard InChI is InChI=1S/C41H26F3N5O3/c42-41(43,44)34-22-35(27-10-2-1-3-11-27)45-39-38(34)48(23-32-20-36(46-51-32)30-16-14-25-8-4-6-12-28(25)18-30)40(50)49(39)24-33-21-37(47-52-33)31-17-15-26-9-5-7-13-29(26)19-31/h1-22H,23-24H2. The van der Waals surface area contributed by atoms with Gasteiger partial charge in [-0.2, -0.15) is 13.2 Å². The summed E-state index contributed by atoms with van der Waals surface area (Å²) in [5, 5.41) is 12.5. The second-order valence-corrected chi connectivity index (χ2v) is 12.5. The van der Waals surface area contributed by atoms with E-state index >= 15 is 0 Å². The van der Waals surface area contributed by atoms with Crippen molar-refractivity contribution in [2.45, 2.75) is 19.3 Å². The number of pyridine rings is 1. The zero-order valence-corrected chi connectivity index (χ0v) is 27.2. The van der Waals surface area contributed by atoms with Gasteiger partial charge in [0.2, 0.25) is 0 Å². The lowest BCUT2D eigenvalue weighted by Crippen LogP contribution is -2.25. The Kier molecular flexibility index (Phi) is 7.35. The first-order valence-electron chi connectivity index (χ1n) is 16.4. The van der Waals surface area contributed by atoms with E-state index in [1.807, 2.05) is 84.9 Å². The third-order valence-electron chi connectivity index (χ3n) is 9.17. The first-order chi connectivity index (χ1) is 25.3. The predicted molar refractivity (Wildman–Crippen MR) is 192 cm³/mol. The van der Waals surface area contributed by atoms with Gasteiger partial charge < -0.3 is 9.05 Å². The molecule has 11 heteroatoms. The fourth-order valence-electron chi connectivity index (χ4n) is 6.63. The molecule has 0 aliphatic carbocycles. The van der Waals surface area contributed by atoms with Crippen LogP contribution in [0.5, 0.6) is 0 Å². The summed E-state index contributed by atoms with van der Waals surface area (Å²) in [5.74, 6) is 0.464. The van der Waals surface area contributed by atoms with Crippen molar-refractivity contribution in [3.63, 3.8) is 0 Å². The molecule has 0 amide bonds. The molecule has 0 atom stereocenters. The lowest BCUT2D eigenvalue weighted by molar-refractivity contribution is -0.136. The Morgan fingerprint density at radius 1 is 0.538 bits per heavy atom. The number of fused-ring (bicyclic) bond motifs is 3. The van der Waals surface area contributed by atoms with Gasteiger partial charge in [0.1, 0.15) is 16.9 Å². The van der Waals surface area contributed by atoms with Crippen LogP contribution in [0.1, 0.15) is 17.1 Å². The number of aromatic nitrogens is 5. The van der Waals surface area contributed by atoms with Crippen molar-refractivity contribution in [3.05, 3.63) is 161 Å². The topological polar surface area (TPSA) is 91.9 Å². The summed E-state index contributed by atoms with van der Waals surface area (Å²) in [4.78, 5) is 18.9. The number of imidazole rings is 1. The van der Waals surface area contributed by atoms with Crippen LogP contribution >= 0.6 is 0 Å². The lowest BCUT2D eigenvalue weighted by Gasteiger charge is -2.12. The van der Waals surface area contributed by atoms with Gasteiger partial charge >= 0.3 is 11.9 Å². The average Bonchev–Trinajstić information content (AvgIpc) is 3.90. The SMILES string of the molecule is O=c1n(Cc2cc(-c3ccc4ccccc4c3)no2)c2nc(-c3ccccc3)cc(C(F)(F)F)c2n1Cc1cc(-c2ccc3ccccc3c2)no1. The molecule has 4 aromatic heterocycles. The average molecular weight is 694 g/mol. The molecule has 52 heavy (non-hydrogen) atoms. The Labute approximate surface area is 293 Å². The van der Waals surface area contributed by atoms with Gasteiger partial charge in [-0.25, -0.2) is 9.78 Å². The Morgan fingerprint density at radius 2 is 1.06 bits per heavy atom. The Balaban J connectivity index is 1.16. The number of hydrogen-bond donors (Lipinski definition) is 0. The summed E-state index contributed by atoms with van der Waals surface area (Å²) in [6.07, 6.45) is -4.82. The molecule has 0 bridgehead atoms. The van der Waals surface area contributed by atoms with Gasteiger partial charge in [-0.3, -0.25) is 9.13 Å². The van der Waals surface area contributed by atoms with Gasteiger partial charge in [0, 0.05) is 28.8 Å². The lowest BCUT2D eigenvalue weighted by atomic mass is 10.1. The normalized spacial score (nSPS) is 12.0. The maximum absolute atomic E-state index is 14.9. The highest BCUT2D eigenvalue weighted by molar-refractivity contribution is 5.88. The van der Waals surface area contributed by atoms with Crippen LogP contribution in [0.2, 0.25) is 0 Å². The summed E-state index contributed by atoms with van der Waals surface area (Å²) >= 11 is 0. The second-order valence-electron chi connectivity index (χ2n) is 12.5. The molecule has 8 nitrogen and oxygen atoms in total. The zero-order chi connectivity index (χ0) is 35.4. The molecule has 0 unspecified atom stereocenters. The fraction of sp³-hybridized carbons (Fsp3) is 0.0732. The van der Waals surface area contributed by atoms with E-state index in [4.69, 9.17) is 9.05 Å². The van der Waals surface area contributed by atoms with Gasteiger partial charge in [0.15, 0.2) is 17.2 Å². The Morgan fingerprint density at radius 3 is 1.62 bits per heavy atom. The first kappa shape index (κ1) is 31.2. The van der Waals surface area contributed by atoms with E-state index in [1.54, 1.807) is 42.5 Å². The van der Waals surface area contributed by atoms with E-state index in [0.717, 1.165) is 43.3 Å². The van der Waals surface area contributed by atoms with Crippen LogP contribution in [0.4, 0.5) is 13.2 Å². The molecule has 0 saturated heterocycles. The van der Waals surface area contributed by atoms with E-state index in [-0.39, 0.29) is 41.5 Å². The summed E-state index contributed by atoms with van der Waals surface area (Å²) in [6, 6.07) is 40.2. The second kappa shape index (κ2) is 12.2. The number of halogens is 3. The quantitative estimate of drug-likeness (QED) is 0.165. The molecule has 0 N–H and O–H groups in total. The van der Waals surface area contributed by atoms with E-state index in [9.17, 15) is 18.0 Å². The van der Waals surface area contributed by atoms with Crippen LogP contribution in [-0.4, -0.2) is 24.4 Å². The number of alkyl halides is 3. The van der Waals surface area contributed by atoms with E-state index in [2.05, 4.69) is 15.3 Å². The van der Waals surface area contributed by atoms with Crippen molar-refractivity contribution in [1.29, 1.82) is 0 Å². The van der Waals surface area contributed by atoms with Crippen LogP contribution in [0.3, 0.4) is 0 Å². The minimum Gasteiger partial charge on any atom is -0.359 e. The van der Waals surface area contributed by atoms with Crippen molar-refractivity contribution in [2.24, 2.45) is 0 Å². The molecule has 9 rings (SSSR count). The number of hydrogen-bond acceptors (Lipinski definition) is 6. The molecule has 4 heterocycles. The molecule has 0 fully saturated rings.